The highest BCUT2D eigenvalue weighted by atomic mass is 79.9. The van der Waals surface area contributed by atoms with Crippen molar-refractivity contribution in [2.75, 3.05) is 54.4 Å². The van der Waals surface area contributed by atoms with Gasteiger partial charge < -0.3 is 35.8 Å². The van der Waals surface area contributed by atoms with E-state index in [1.54, 1.807) is 0 Å². The topological polar surface area (TPSA) is 40.1 Å². The van der Waals surface area contributed by atoms with Crippen LogP contribution in [0.1, 0.15) is 213 Å². The van der Waals surface area contributed by atoms with E-state index in [4.69, 9.17) is 0 Å². The van der Waals surface area contributed by atoms with Crippen molar-refractivity contribution in [3.63, 3.8) is 0 Å². The molecule has 0 saturated carbocycles. The number of likely N-dealkylation sites (N-methyl/N-ethyl adjacent to an activating group) is 2. The van der Waals surface area contributed by atoms with Crippen molar-refractivity contribution in [3.05, 3.63) is 37.5 Å². The van der Waals surface area contributed by atoms with Crippen LogP contribution >= 0.6 is 0 Å². The van der Waals surface area contributed by atoms with Gasteiger partial charge in [-0.15, -0.1) is 0 Å². The molecular weight excluding hydrogens is 716 g/mol. The van der Waals surface area contributed by atoms with Crippen molar-refractivity contribution < 1.29 is 35.8 Å². The number of unbranched alkanes of at least 4 members (excludes halogenated alkanes) is 26. The number of quaternary nitrogens is 2. The third-order valence-corrected chi connectivity index (χ3v) is 10.3. The fraction of sp³-hybridized carbons (Fsp3) is 0.854. The molecule has 0 aliphatic heterocycles. The molecule has 4 nitrogen and oxygen atoms in total. The van der Waals surface area contributed by atoms with Crippen LogP contribution in [0.15, 0.2) is 37.5 Å². The van der Waals surface area contributed by atoms with Crippen molar-refractivity contribution >= 4 is 5.97 Å². The second kappa shape index (κ2) is 45.5. The number of carbonyl (C=O) groups excluding carboxylic acids is 1. The van der Waals surface area contributed by atoms with Crippen molar-refractivity contribution in [2.45, 2.75) is 213 Å². The minimum atomic E-state index is -1.13. The van der Waals surface area contributed by atoms with Crippen LogP contribution in [-0.4, -0.2) is 69.3 Å². The summed E-state index contributed by atoms with van der Waals surface area (Å²) in [4.78, 5) is 9.88. The fourth-order valence-electron chi connectivity index (χ4n) is 6.75. The second-order valence-corrected chi connectivity index (χ2v) is 17.1. The van der Waals surface area contributed by atoms with Gasteiger partial charge in [0.15, 0.2) is 0 Å². The highest BCUT2D eigenvalue weighted by Gasteiger charge is 2.12. The lowest BCUT2D eigenvalue weighted by Gasteiger charge is -2.28. The van der Waals surface area contributed by atoms with Gasteiger partial charge >= 0.3 is 0 Å². The van der Waals surface area contributed by atoms with Crippen LogP contribution in [0, 0.1) is 0 Å². The highest BCUT2D eigenvalue weighted by Crippen LogP contribution is 2.15. The molecule has 318 valence electrons. The molecule has 0 heterocycles. The van der Waals surface area contributed by atoms with Crippen LogP contribution in [0.3, 0.4) is 0 Å². The summed E-state index contributed by atoms with van der Waals surface area (Å²) >= 11 is 0. The molecule has 0 bridgehead atoms. The molecule has 0 radical (unpaired) electrons. The maximum absolute atomic E-state index is 9.88. The molecular formula is C48H97BrN2O2. The minimum Gasteiger partial charge on any atom is -1.00 e. The third-order valence-electron chi connectivity index (χ3n) is 10.3. The zero-order valence-corrected chi connectivity index (χ0v) is 39.0. The third kappa shape index (κ3) is 53.2. The molecule has 0 fully saturated rings. The predicted octanol–water partition coefficient (Wildman–Crippen LogP) is 10.6. The summed E-state index contributed by atoms with van der Waals surface area (Å²) in [5, 5.41) is 9.88. The quantitative estimate of drug-likeness (QED) is 0.0271. The van der Waals surface area contributed by atoms with E-state index >= 15 is 0 Å². The fourth-order valence-corrected chi connectivity index (χ4v) is 6.75. The summed E-state index contributed by atoms with van der Waals surface area (Å²) in [6.45, 7) is 22.2. The monoisotopic (exact) mass is 813 g/mol. The average molecular weight is 814 g/mol. The van der Waals surface area contributed by atoms with Gasteiger partial charge in [-0.1, -0.05) is 201 Å². The van der Waals surface area contributed by atoms with Gasteiger partial charge in [-0.05, 0) is 49.8 Å². The molecule has 0 aromatic carbocycles. The molecule has 5 heteroatoms. The Morgan fingerprint density at radius 1 is 0.453 bits per heavy atom. The normalized spacial score (nSPS) is 11.1. The molecule has 0 unspecified atom stereocenters. The van der Waals surface area contributed by atoms with E-state index in [-0.39, 0.29) is 22.6 Å². The first-order chi connectivity index (χ1) is 24.9. The van der Waals surface area contributed by atoms with Crippen molar-refractivity contribution in [2.24, 2.45) is 0 Å². The smallest absolute Gasteiger partial charge is 0.0966 e. The van der Waals surface area contributed by atoms with Gasteiger partial charge in [-0.3, -0.25) is 0 Å². The molecule has 0 amide bonds. The zero-order valence-electron chi connectivity index (χ0n) is 37.4. The van der Waals surface area contributed by atoms with Crippen molar-refractivity contribution in [1.82, 2.24) is 0 Å². The molecule has 0 spiro atoms. The summed E-state index contributed by atoms with van der Waals surface area (Å²) in [6, 6.07) is 0. The number of halogens is 1. The van der Waals surface area contributed by atoms with Crippen LogP contribution in [0.4, 0.5) is 0 Å². The van der Waals surface area contributed by atoms with Crippen LogP contribution in [0.5, 0.6) is 0 Å². The Balaban J connectivity index is -0.000000370. The molecule has 0 aromatic heterocycles. The largest absolute Gasteiger partial charge is 1.00 e. The van der Waals surface area contributed by atoms with E-state index in [2.05, 4.69) is 61.8 Å². The lowest BCUT2D eigenvalue weighted by atomic mass is 10.0. The van der Waals surface area contributed by atoms with Crippen LogP contribution in [0.2, 0.25) is 0 Å². The number of nitrogens with zero attached hydrogens (tertiary/aromatic N) is 2. The van der Waals surface area contributed by atoms with Gasteiger partial charge in [0, 0.05) is 0 Å². The molecule has 0 aliphatic carbocycles. The molecule has 0 saturated heterocycles. The van der Waals surface area contributed by atoms with E-state index < -0.39 is 5.97 Å². The summed E-state index contributed by atoms with van der Waals surface area (Å²) in [7, 11) is 9.24. The van der Waals surface area contributed by atoms with E-state index in [0.717, 1.165) is 28.5 Å². The molecule has 0 aromatic rings. The van der Waals surface area contributed by atoms with E-state index in [1.807, 2.05) is 19.1 Å². The van der Waals surface area contributed by atoms with Crippen LogP contribution in [0.25, 0.3) is 0 Å². The van der Waals surface area contributed by atoms with E-state index in [1.165, 1.54) is 193 Å². The lowest BCUT2D eigenvalue weighted by Crippen LogP contribution is -3.00. The summed E-state index contributed by atoms with van der Waals surface area (Å²) in [5.74, 6) is -1.13. The van der Waals surface area contributed by atoms with Gasteiger partial charge in [-0.25, -0.2) is 0 Å². The Morgan fingerprint density at radius 2 is 0.679 bits per heavy atom. The number of carboxylic acid groups (broad SMARTS) is 1. The van der Waals surface area contributed by atoms with Gasteiger partial charge in [0.2, 0.25) is 0 Å². The number of aliphatic carboxylic acids is 1. The first-order valence-electron chi connectivity index (χ1n) is 22.7. The second-order valence-electron chi connectivity index (χ2n) is 17.1. The Morgan fingerprint density at radius 3 is 0.849 bits per heavy atom. The number of hydrogen-bond donors (Lipinski definition) is 0. The Hall–Kier alpha value is -0.910. The molecule has 0 rings (SSSR count). The van der Waals surface area contributed by atoms with Gasteiger partial charge in [0.1, 0.15) is 0 Å². The maximum atomic E-state index is 9.88. The molecule has 0 aliphatic rings. The minimum absolute atomic E-state index is 0. The summed E-state index contributed by atoms with van der Waals surface area (Å²) < 4.78 is 2.20. The van der Waals surface area contributed by atoms with Crippen LogP contribution < -0.4 is 22.1 Å². The highest BCUT2D eigenvalue weighted by molar-refractivity contribution is 5.83. The van der Waals surface area contributed by atoms with Gasteiger partial charge in [0.25, 0.3) is 0 Å². The predicted molar refractivity (Wildman–Crippen MR) is 234 cm³/mol. The number of hydrogen-bond acceptors (Lipinski definition) is 2. The van der Waals surface area contributed by atoms with Crippen LogP contribution in [-0.2, 0) is 4.79 Å². The Kier molecular flexibility index (Phi) is 50.4. The van der Waals surface area contributed by atoms with Crippen molar-refractivity contribution in [3.8, 4) is 0 Å². The standard InChI is InChI=1S/2C21H44N.C6H10O2.BrH/c2*1-5-7-8-9-10-11-12-13-14-15-16-17-18-19-21-22(3,4)20-6-2;1-3-4-5(2)6(7)8;/h2*6H,2,5,7-21H2,1,3-4H3;2-4H2,1H3,(H,7,8);1H/q2*+1;;/p-2. The van der Waals surface area contributed by atoms with Gasteiger partial charge in [-0.2, -0.15) is 0 Å². The number of rotatable bonds is 37. The van der Waals surface area contributed by atoms with E-state index in [9.17, 15) is 9.90 Å². The SMILES string of the molecule is C=C(CCC)C(=O)[O-].C=CC[N+](C)(C)CCCCCCCCCCCCCCCC.C=CC[N+](C)(C)CCCCCCCCCCCCCCCC.[Br-]. The molecule has 0 atom stereocenters. The summed E-state index contributed by atoms with van der Waals surface area (Å²) in [5.41, 5.74) is 0.188. The first-order valence-corrected chi connectivity index (χ1v) is 22.7. The molecule has 0 N–H and O–H groups in total. The molecule has 53 heavy (non-hydrogen) atoms. The summed E-state index contributed by atoms with van der Waals surface area (Å²) in [6.07, 6.45) is 45.8. The zero-order chi connectivity index (χ0) is 39.6. The Labute approximate surface area is 345 Å². The van der Waals surface area contributed by atoms with E-state index in [0.29, 0.717) is 6.42 Å². The number of carbonyl (C=O) groups is 1. The maximum Gasteiger partial charge on any atom is 0.0966 e. The van der Waals surface area contributed by atoms with Gasteiger partial charge in [0.05, 0.1) is 60.3 Å². The average Bonchev–Trinajstić information content (AvgIpc) is 3.09. The number of carboxylic acids is 1. The Bertz CT molecular complexity index is 730. The van der Waals surface area contributed by atoms with Crippen molar-refractivity contribution in [1.29, 1.82) is 0 Å². The first kappa shape index (κ1) is 58.8. The lowest BCUT2D eigenvalue weighted by molar-refractivity contribution is -0.884.